The van der Waals surface area contributed by atoms with Crippen LogP contribution in [0.5, 0.6) is 0 Å². The van der Waals surface area contributed by atoms with Gasteiger partial charge in [-0.15, -0.1) is 0 Å². The van der Waals surface area contributed by atoms with Gasteiger partial charge in [0, 0.05) is 6.42 Å². The Morgan fingerprint density at radius 3 is 2.83 bits per heavy atom. The molecule has 0 atom stereocenters. The largest absolute Gasteiger partial charge is 0.481 e. The highest BCUT2D eigenvalue weighted by atomic mass is 79.9. The summed E-state index contributed by atoms with van der Waals surface area (Å²) >= 11 is 3.43. The first-order chi connectivity index (χ1) is 8.49. The quantitative estimate of drug-likeness (QED) is 0.942. The van der Waals surface area contributed by atoms with Crippen molar-refractivity contribution in [2.75, 3.05) is 0 Å². The molecule has 5 nitrogen and oxygen atoms in total. The molecule has 2 aromatic heterocycles. The van der Waals surface area contributed by atoms with E-state index >= 15 is 0 Å². The Hall–Kier alpha value is -1.43. The number of aromatic nitrogens is 3. The van der Waals surface area contributed by atoms with Crippen molar-refractivity contribution in [2.45, 2.75) is 32.6 Å². The number of nitrogens with zero attached hydrogens (tertiary/aromatic N) is 3. The van der Waals surface area contributed by atoms with Gasteiger partial charge in [0.05, 0.1) is 17.8 Å². The topological polar surface area (TPSA) is 67.5 Å². The molecule has 0 aliphatic rings. The van der Waals surface area contributed by atoms with Gasteiger partial charge in [0.2, 0.25) is 0 Å². The highest BCUT2D eigenvalue weighted by molar-refractivity contribution is 9.10. The normalized spacial score (nSPS) is 11.3. The molecule has 2 rings (SSSR count). The van der Waals surface area contributed by atoms with Gasteiger partial charge in [-0.1, -0.05) is 13.8 Å². The maximum absolute atomic E-state index is 10.6. The summed E-state index contributed by atoms with van der Waals surface area (Å²) in [6, 6.07) is 3.85. The number of hydrogen-bond acceptors (Lipinski definition) is 3. The fraction of sp³-hybridized carbons (Fsp3) is 0.417. The Balaban J connectivity index is 2.40. The summed E-state index contributed by atoms with van der Waals surface area (Å²) in [5.74, 6) is -0.485. The Bertz CT molecular complexity index is 592. The molecular weight excluding hydrogens is 298 g/mol. The molecule has 2 aromatic rings. The third-order valence-corrected chi connectivity index (χ3v) is 3.47. The number of rotatable bonds is 4. The van der Waals surface area contributed by atoms with Crippen LogP contribution in [0.2, 0.25) is 0 Å². The zero-order valence-electron chi connectivity index (χ0n) is 10.2. The van der Waals surface area contributed by atoms with Gasteiger partial charge in [0.1, 0.15) is 4.60 Å². The number of halogens is 1. The predicted octanol–water partition coefficient (Wildman–Crippen LogP) is 2.63. The van der Waals surface area contributed by atoms with E-state index in [4.69, 9.17) is 5.11 Å². The summed E-state index contributed by atoms with van der Waals surface area (Å²) in [7, 11) is 0. The number of aryl methyl sites for hydroxylation is 1. The van der Waals surface area contributed by atoms with E-state index < -0.39 is 5.97 Å². The fourth-order valence-corrected chi connectivity index (χ4v) is 2.21. The highest BCUT2D eigenvalue weighted by Crippen LogP contribution is 2.21. The SMILES string of the molecule is CC(C)c1ccc2nc(CCC(=O)O)c(Br)n2n1. The Morgan fingerprint density at radius 1 is 1.50 bits per heavy atom. The van der Waals surface area contributed by atoms with Crippen LogP contribution in [0.15, 0.2) is 16.7 Å². The standard InChI is InChI=1S/C12H14BrN3O2/c1-7(2)8-3-5-10-14-9(4-6-11(17)18)12(13)16(10)15-8/h3,5,7H,4,6H2,1-2H3,(H,17,18). The van der Waals surface area contributed by atoms with Crippen molar-refractivity contribution in [3.8, 4) is 0 Å². The van der Waals surface area contributed by atoms with E-state index in [2.05, 4.69) is 39.9 Å². The Morgan fingerprint density at radius 2 is 2.22 bits per heavy atom. The number of carbonyl (C=O) groups is 1. The maximum Gasteiger partial charge on any atom is 0.303 e. The zero-order valence-corrected chi connectivity index (χ0v) is 11.8. The van der Waals surface area contributed by atoms with Gasteiger partial charge in [-0.05, 0) is 34.0 Å². The van der Waals surface area contributed by atoms with Crippen LogP contribution in [0, 0.1) is 0 Å². The van der Waals surface area contributed by atoms with Crippen LogP contribution < -0.4 is 0 Å². The van der Waals surface area contributed by atoms with Crippen molar-refractivity contribution in [1.29, 1.82) is 0 Å². The van der Waals surface area contributed by atoms with Crippen molar-refractivity contribution >= 4 is 27.5 Å². The lowest BCUT2D eigenvalue weighted by atomic mass is 10.1. The minimum absolute atomic E-state index is 0.0690. The minimum Gasteiger partial charge on any atom is -0.481 e. The fourth-order valence-electron chi connectivity index (χ4n) is 1.66. The van der Waals surface area contributed by atoms with E-state index in [1.165, 1.54) is 0 Å². The van der Waals surface area contributed by atoms with Crippen LogP contribution in [0.25, 0.3) is 5.65 Å². The lowest BCUT2D eigenvalue weighted by molar-refractivity contribution is -0.136. The number of carboxylic acid groups (broad SMARTS) is 1. The number of carboxylic acids is 1. The lowest BCUT2D eigenvalue weighted by Crippen LogP contribution is -2.00. The molecule has 0 aliphatic heterocycles. The summed E-state index contributed by atoms with van der Waals surface area (Å²) < 4.78 is 2.45. The van der Waals surface area contributed by atoms with E-state index in [1.807, 2.05) is 12.1 Å². The van der Waals surface area contributed by atoms with Crippen molar-refractivity contribution < 1.29 is 9.90 Å². The first kappa shape index (κ1) is 13.0. The molecule has 0 saturated carbocycles. The van der Waals surface area contributed by atoms with Crippen molar-refractivity contribution in [3.63, 3.8) is 0 Å². The maximum atomic E-state index is 10.6. The van der Waals surface area contributed by atoms with Gasteiger partial charge in [-0.3, -0.25) is 4.79 Å². The average molecular weight is 312 g/mol. The van der Waals surface area contributed by atoms with Gasteiger partial charge in [0.25, 0.3) is 0 Å². The molecular formula is C12H14BrN3O2. The van der Waals surface area contributed by atoms with Gasteiger partial charge in [0.15, 0.2) is 5.65 Å². The molecule has 0 aliphatic carbocycles. The summed E-state index contributed by atoms with van der Waals surface area (Å²) in [6.07, 6.45) is 0.468. The third kappa shape index (κ3) is 2.53. The molecule has 6 heteroatoms. The van der Waals surface area contributed by atoms with Gasteiger partial charge in [-0.2, -0.15) is 5.10 Å². The smallest absolute Gasteiger partial charge is 0.303 e. The zero-order chi connectivity index (χ0) is 13.3. The molecule has 0 radical (unpaired) electrons. The summed E-state index contributed by atoms with van der Waals surface area (Å²) in [5.41, 5.74) is 2.43. The van der Waals surface area contributed by atoms with Crippen LogP contribution in [0.3, 0.4) is 0 Å². The van der Waals surface area contributed by atoms with Crippen molar-refractivity contribution in [1.82, 2.24) is 14.6 Å². The molecule has 0 spiro atoms. The Kier molecular flexibility index (Phi) is 3.65. The monoisotopic (exact) mass is 311 g/mol. The molecule has 0 aromatic carbocycles. The van der Waals surface area contributed by atoms with E-state index in [0.717, 1.165) is 21.6 Å². The van der Waals surface area contributed by atoms with Crippen LogP contribution >= 0.6 is 15.9 Å². The van der Waals surface area contributed by atoms with Crippen LogP contribution in [-0.2, 0) is 11.2 Å². The molecule has 96 valence electrons. The lowest BCUT2D eigenvalue weighted by Gasteiger charge is -2.04. The molecule has 0 unspecified atom stereocenters. The van der Waals surface area contributed by atoms with Crippen molar-refractivity contribution in [3.05, 3.63) is 28.1 Å². The molecule has 1 N–H and O–H groups in total. The molecule has 0 saturated heterocycles. The Labute approximate surface area is 113 Å². The number of hydrogen-bond donors (Lipinski definition) is 1. The van der Waals surface area contributed by atoms with E-state index in [-0.39, 0.29) is 6.42 Å². The number of imidazole rings is 1. The van der Waals surface area contributed by atoms with Crippen LogP contribution in [-0.4, -0.2) is 25.7 Å². The van der Waals surface area contributed by atoms with Gasteiger partial charge >= 0.3 is 5.97 Å². The molecule has 0 amide bonds. The average Bonchev–Trinajstić information content (AvgIpc) is 2.63. The first-order valence-corrected chi connectivity index (χ1v) is 6.54. The summed E-state index contributed by atoms with van der Waals surface area (Å²) in [6.45, 7) is 4.15. The van der Waals surface area contributed by atoms with Crippen molar-refractivity contribution in [2.24, 2.45) is 0 Å². The van der Waals surface area contributed by atoms with E-state index in [1.54, 1.807) is 4.52 Å². The third-order valence-electron chi connectivity index (χ3n) is 2.68. The molecule has 18 heavy (non-hydrogen) atoms. The molecule has 2 heterocycles. The molecule has 0 fully saturated rings. The summed E-state index contributed by atoms with van der Waals surface area (Å²) in [4.78, 5) is 15.0. The van der Waals surface area contributed by atoms with E-state index in [0.29, 0.717) is 12.3 Å². The van der Waals surface area contributed by atoms with Gasteiger partial charge in [-0.25, -0.2) is 9.50 Å². The second-order valence-electron chi connectivity index (χ2n) is 4.43. The minimum atomic E-state index is -0.824. The van der Waals surface area contributed by atoms with E-state index in [9.17, 15) is 4.79 Å². The van der Waals surface area contributed by atoms with Crippen LogP contribution in [0.1, 0.15) is 37.6 Å². The number of fused-ring (bicyclic) bond motifs is 1. The second-order valence-corrected chi connectivity index (χ2v) is 5.18. The summed E-state index contributed by atoms with van der Waals surface area (Å²) in [5, 5.41) is 13.2. The highest BCUT2D eigenvalue weighted by Gasteiger charge is 2.13. The van der Waals surface area contributed by atoms with Crippen LogP contribution in [0.4, 0.5) is 0 Å². The van der Waals surface area contributed by atoms with Gasteiger partial charge < -0.3 is 5.11 Å². The molecule has 0 bridgehead atoms. The predicted molar refractivity (Wildman–Crippen MR) is 70.7 cm³/mol. The first-order valence-electron chi connectivity index (χ1n) is 5.75. The number of aliphatic carboxylic acids is 1. The second kappa shape index (κ2) is 5.06.